The van der Waals surface area contributed by atoms with Crippen LogP contribution in [0.15, 0.2) is 0 Å². The van der Waals surface area contributed by atoms with Crippen LogP contribution in [0.5, 0.6) is 0 Å². The molecule has 0 amide bonds. The topological polar surface area (TPSA) is 9.23 Å². The summed E-state index contributed by atoms with van der Waals surface area (Å²) in [7, 11) is -6.75. The zero-order chi connectivity index (χ0) is 5.86. The van der Waals surface area contributed by atoms with Gasteiger partial charge in [0.1, 0.15) is 0 Å². The third-order valence-electron chi connectivity index (χ3n) is 0.206. The maximum atomic E-state index is 10.6. The minimum absolute atomic E-state index is 2.58. The van der Waals surface area contributed by atoms with Crippen LogP contribution in [0.4, 0.5) is 17.3 Å². The lowest BCUT2D eigenvalue weighted by Gasteiger charge is -1.87. The molecule has 0 aliphatic heterocycles. The predicted molar refractivity (Wildman–Crippen MR) is 17.0 cm³/mol. The van der Waals surface area contributed by atoms with Crippen LogP contribution < -0.4 is 0 Å². The molecular formula is B2F4O. The molecule has 0 aromatic rings. The van der Waals surface area contributed by atoms with Gasteiger partial charge < -0.3 is 4.57 Å². The Hall–Kier alpha value is -0.190. The molecule has 0 heterocycles. The Morgan fingerprint density at radius 1 is 0.857 bits per heavy atom. The molecule has 0 rings (SSSR count). The van der Waals surface area contributed by atoms with Gasteiger partial charge in [0.05, 0.1) is 0 Å². The predicted octanol–water partition coefficient (Wildman–Crippen LogP) is 0.851. The van der Waals surface area contributed by atoms with Crippen LogP contribution in [0, 0.1) is 0 Å². The monoisotopic (exact) mass is 114 g/mol. The fraction of sp³-hybridized carbons (Fsp3) is 0. The molecule has 40 valence electrons. The van der Waals surface area contributed by atoms with Crippen molar-refractivity contribution in [3.05, 3.63) is 0 Å². The van der Waals surface area contributed by atoms with Crippen LogP contribution in [0.1, 0.15) is 0 Å². The molecule has 0 aliphatic rings. The summed E-state index contributed by atoms with van der Waals surface area (Å²) in [5.74, 6) is 0. The van der Waals surface area contributed by atoms with Crippen LogP contribution in [0.25, 0.3) is 0 Å². The van der Waals surface area contributed by atoms with Gasteiger partial charge in [-0.05, 0) is 0 Å². The summed E-state index contributed by atoms with van der Waals surface area (Å²) in [5.41, 5.74) is 0. The summed E-state index contributed by atoms with van der Waals surface area (Å²) in [6.45, 7) is 0. The van der Waals surface area contributed by atoms with Gasteiger partial charge in [0.15, 0.2) is 0 Å². The maximum Gasteiger partial charge on any atom is 0.709 e. The highest BCUT2D eigenvalue weighted by Gasteiger charge is 2.26. The van der Waals surface area contributed by atoms with Gasteiger partial charge in [0, 0.05) is 0 Å². The molecule has 0 bridgehead atoms. The smallest absolute Gasteiger partial charge is 0.385 e. The fourth-order valence-electron chi connectivity index (χ4n) is 0.0778. The highest BCUT2D eigenvalue weighted by molar-refractivity contribution is 6.50. The van der Waals surface area contributed by atoms with Gasteiger partial charge in [-0.1, -0.05) is 0 Å². The second kappa shape index (κ2) is 2.90. The Morgan fingerprint density at radius 3 is 1.14 bits per heavy atom. The summed E-state index contributed by atoms with van der Waals surface area (Å²) in [5, 5.41) is 0. The average Bonchev–Trinajstić information content (AvgIpc) is 1.27. The summed E-state index contributed by atoms with van der Waals surface area (Å²) >= 11 is 0. The lowest BCUT2D eigenvalue weighted by atomic mass is 10.2. The van der Waals surface area contributed by atoms with Crippen LogP contribution in [-0.4, -0.2) is 14.9 Å². The Morgan fingerprint density at radius 2 is 1.14 bits per heavy atom. The standard InChI is InChI=1S/B2F4O/c3-1(4)7-2(5)6. The summed E-state index contributed by atoms with van der Waals surface area (Å²) < 4.78 is 44.9. The molecule has 0 unspecified atom stereocenters. The van der Waals surface area contributed by atoms with E-state index in [1.165, 1.54) is 0 Å². The van der Waals surface area contributed by atoms with E-state index in [4.69, 9.17) is 0 Å². The van der Waals surface area contributed by atoms with Crippen molar-refractivity contribution in [1.29, 1.82) is 0 Å². The van der Waals surface area contributed by atoms with Gasteiger partial charge in [-0.3, -0.25) is 17.3 Å². The molecule has 0 aliphatic carbocycles. The number of hydrogen-bond donors (Lipinski definition) is 0. The van der Waals surface area contributed by atoms with Gasteiger partial charge in [-0.25, -0.2) is 0 Å². The molecular weight excluding hydrogens is 114 g/mol. The van der Waals surface area contributed by atoms with E-state index in [0.717, 1.165) is 0 Å². The molecule has 1 nitrogen and oxygen atoms in total. The Labute approximate surface area is 38.1 Å². The lowest BCUT2D eigenvalue weighted by molar-refractivity contribution is 0.358. The van der Waals surface area contributed by atoms with Crippen LogP contribution >= 0.6 is 0 Å². The molecule has 0 fully saturated rings. The SMILES string of the molecule is FB(F)OB(F)F. The largest absolute Gasteiger partial charge is 0.709 e. The normalized spacial score (nSPS) is 8.57. The minimum atomic E-state index is -3.38. The first-order chi connectivity index (χ1) is 3.13. The first-order valence-corrected chi connectivity index (χ1v) is 1.34. The van der Waals surface area contributed by atoms with Crippen molar-refractivity contribution < 1.29 is 21.8 Å². The summed E-state index contributed by atoms with van der Waals surface area (Å²) in [4.78, 5) is 0. The van der Waals surface area contributed by atoms with Crippen molar-refractivity contribution in [3.63, 3.8) is 0 Å². The first kappa shape index (κ1) is 6.81. The molecule has 0 saturated carbocycles. The molecule has 0 saturated heterocycles. The van der Waals surface area contributed by atoms with Crippen molar-refractivity contribution in [1.82, 2.24) is 0 Å². The van der Waals surface area contributed by atoms with Gasteiger partial charge in [-0.15, -0.1) is 0 Å². The van der Waals surface area contributed by atoms with E-state index in [2.05, 4.69) is 4.57 Å². The first-order valence-electron chi connectivity index (χ1n) is 1.34. The minimum Gasteiger partial charge on any atom is -0.385 e. The zero-order valence-corrected chi connectivity index (χ0v) is 3.07. The van der Waals surface area contributed by atoms with Gasteiger partial charge >= 0.3 is 14.9 Å². The second-order valence-electron chi connectivity index (χ2n) is 0.657. The molecule has 7 heteroatoms. The quantitative estimate of drug-likeness (QED) is 0.381. The summed E-state index contributed by atoms with van der Waals surface area (Å²) in [6, 6.07) is 0. The van der Waals surface area contributed by atoms with Gasteiger partial charge in [0.2, 0.25) is 0 Å². The molecule has 0 N–H and O–H groups in total. The Bertz CT molecular complexity index is 39.0. The molecule has 7 heavy (non-hydrogen) atoms. The molecule has 0 radical (unpaired) electrons. The summed E-state index contributed by atoms with van der Waals surface area (Å²) in [6.07, 6.45) is 0. The van der Waals surface area contributed by atoms with Crippen LogP contribution in [-0.2, 0) is 4.57 Å². The molecule has 0 spiro atoms. The van der Waals surface area contributed by atoms with Gasteiger partial charge in [-0.2, -0.15) is 0 Å². The average molecular weight is 114 g/mol. The van der Waals surface area contributed by atoms with Crippen LogP contribution in [0.2, 0.25) is 0 Å². The van der Waals surface area contributed by atoms with E-state index in [0.29, 0.717) is 0 Å². The van der Waals surface area contributed by atoms with Gasteiger partial charge in [0.25, 0.3) is 0 Å². The number of halogens is 4. The third kappa shape index (κ3) is 5.81. The van der Waals surface area contributed by atoms with Crippen molar-refractivity contribution in [2.24, 2.45) is 0 Å². The van der Waals surface area contributed by atoms with E-state index in [-0.39, 0.29) is 0 Å². The van der Waals surface area contributed by atoms with Crippen molar-refractivity contribution in [3.8, 4) is 0 Å². The molecule has 0 aromatic carbocycles. The maximum absolute atomic E-state index is 10.6. The van der Waals surface area contributed by atoms with E-state index in [1.807, 2.05) is 0 Å². The van der Waals surface area contributed by atoms with E-state index in [1.54, 1.807) is 0 Å². The van der Waals surface area contributed by atoms with Crippen molar-refractivity contribution >= 4 is 14.9 Å². The van der Waals surface area contributed by atoms with E-state index in [9.17, 15) is 17.3 Å². The van der Waals surface area contributed by atoms with E-state index < -0.39 is 14.9 Å². The van der Waals surface area contributed by atoms with E-state index >= 15 is 0 Å². The van der Waals surface area contributed by atoms with Crippen molar-refractivity contribution in [2.75, 3.05) is 0 Å². The Balaban J connectivity index is 2.95. The highest BCUT2D eigenvalue weighted by Crippen LogP contribution is 1.94. The number of hydrogen-bond acceptors (Lipinski definition) is 1. The lowest BCUT2D eigenvalue weighted by Crippen LogP contribution is -2.13. The molecule has 0 atom stereocenters. The fourth-order valence-corrected chi connectivity index (χ4v) is 0.0778. The van der Waals surface area contributed by atoms with Crippen molar-refractivity contribution in [2.45, 2.75) is 0 Å². The third-order valence-corrected chi connectivity index (χ3v) is 0.206. The zero-order valence-electron chi connectivity index (χ0n) is 3.07. The second-order valence-corrected chi connectivity index (χ2v) is 0.657. The highest BCUT2D eigenvalue weighted by atomic mass is 19.3. The number of rotatable bonds is 2. The Kier molecular flexibility index (Phi) is 2.82. The molecule has 0 aromatic heterocycles. The van der Waals surface area contributed by atoms with Crippen LogP contribution in [0.3, 0.4) is 0 Å².